The van der Waals surface area contributed by atoms with Crippen molar-refractivity contribution in [3.05, 3.63) is 23.8 Å². The van der Waals surface area contributed by atoms with E-state index in [0.29, 0.717) is 24.9 Å². The number of allylic oxidation sites excluding steroid dienone is 1. The van der Waals surface area contributed by atoms with Crippen LogP contribution in [0.15, 0.2) is 23.8 Å². The van der Waals surface area contributed by atoms with Gasteiger partial charge in [-0.25, -0.2) is 0 Å². The molecule has 1 heterocycles. The lowest BCUT2D eigenvalue weighted by Gasteiger charge is -2.19. The smallest absolute Gasteiger partial charge is 0.248 e. The second kappa shape index (κ2) is 11.1. The molecular weight excluding hydrogens is 378 g/mol. The minimum atomic E-state index is -0.532. The molecule has 3 rings (SSSR count). The Hall–Kier alpha value is -1.61. The van der Waals surface area contributed by atoms with Crippen molar-refractivity contribution in [1.29, 1.82) is 0 Å². The van der Waals surface area contributed by atoms with E-state index in [1.807, 2.05) is 30.9 Å². The fraction of sp³-hybridized carbons (Fsp3) is 0.720. The summed E-state index contributed by atoms with van der Waals surface area (Å²) in [5.74, 6) is 7.08. The van der Waals surface area contributed by atoms with Gasteiger partial charge in [0.05, 0.1) is 18.8 Å². The van der Waals surface area contributed by atoms with Gasteiger partial charge in [0, 0.05) is 25.4 Å². The van der Waals surface area contributed by atoms with Crippen molar-refractivity contribution >= 4 is 5.91 Å². The van der Waals surface area contributed by atoms with E-state index in [4.69, 9.17) is 4.74 Å². The van der Waals surface area contributed by atoms with E-state index in [-0.39, 0.29) is 30.5 Å². The quantitative estimate of drug-likeness (QED) is 0.363. The van der Waals surface area contributed by atoms with Crippen molar-refractivity contribution < 1.29 is 19.7 Å². The molecule has 1 aliphatic heterocycles. The molecule has 0 aromatic heterocycles. The van der Waals surface area contributed by atoms with Crippen molar-refractivity contribution in [3.63, 3.8) is 0 Å². The molecule has 30 heavy (non-hydrogen) atoms. The first-order valence-corrected chi connectivity index (χ1v) is 11.5. The molecule has 2 saturated carbocycles. The summed E-state index contributed by atoms with van der Waals surface area (Å²) in [5, 5.41) is 20.9. The second-order valence-electron chi connectivity index (χ2n) is 9.16. The standard InChI is InChI=1S/C25H37NO4/c1-3-4-7-18(2)23(27)9-8-21-22-15-19(14-20(22)16-24(21)28)10-13-30-17-25(29)26-11-5-6-12-26/h8-10,18,20-24,27-28H,5-7,11-17H2,1-2H3/b9-8+,19-10?/t18-,20+,21-,22+,23+,24-/m1/s1. The summed E-state index contributed by atoms with van der Waals surface area (Å²) in [6, 6.07) is 0. The Morgan fingerprint density at radius 3 is 2.83 bits per heavy atom. The molecule has 3 aliphatic rings. The Balaban J connectivity index is 1.46. The van der Waals surface area contributed by atoms with Gasteiger partial charge in [0.1, 0.15) is 6.61 Å². The zero-order chi connectivity index (χ0) is 21.5. The number of carbonyl (C=O) groups excluding carboxylic acids is 1. The van der Waals surface area contributed by atoms with Crippen LogP contribution >= 0.6 is 0 Å². The van der Waals surface area contributed by atoms with Crippen molar-refractivity contribution in [1.82, 2.24) is 4.90 Å². The molecule has 0 spiro atoms. The van der Waals surface area contributed by atoms with E-state index in [1.165, 1.54) is 5.57 Å². The minimum Gasteiger partial charge on any atom is -0.392 e. The predicted molar refractivity (Wildman–Crippen MR) is 117 cm³/mol. The van der Waals surface area contributed by atoms with Gasteiger partial charge in [0.25, 0.3) is 0 Å². The summed E-state index contributed by atoms with van der Waals surface area (Å²) < 4.78 is 5.60. The Kier molecular flexibility index (Phi) is 8.56. The monoisotopic (exact) mass is 415 g/mol. The highest BCUT2D eigenvalue weighted by molar-refractivity contribution is 5.77. The van der Waals surface area contributed by atoms with Gasteiger partial charge < -0.3 is 19.8 Å². The fourth-order valence-electron chi connectivity index (χ4n) is 5.14. The van der Waals surface area contributed by atoms with Crippen molar-refractivity contribution in [2.24, 2.45) is 23.7 Å². The van der Waals surface area contributed by atoms with E-state index < -0.39 is 6.10 Å². The first-order valence-electron chi connectivity index (χ1n) is 11.5. The van der Waals surface area contributed by atoms with Crippen LogP contribution in [0.2, 0.25) is 0 Å². The lowest BCUT2D eigenvalue weighted by molar-refractivity contribution is -0.134. The molecule has 5 heteroatoms. The lowest BCUT2D eigenvalue weighted by atomic mass is 9.89. The summed E-state index contributed by atoms with van der Waals surface area (Å²) >= 11 is 0. The number of hydrogen-bond donors (Lipinski definition) is 2. The number of aliphatic hydroxyl groups is 2. The topological polar surface area (TPSA) is 70.0 Å². The number of ether oxygens (including phenoxy) is 1. The van der Waals surface area contributed by atoms with E-state index in [9.17, 15) is 15.0 Å². The molecule has 1 amide bonds. The van der Waals surface area contributed by atoms with Crippen LogP contribution in [0.1, 0.15) is 52.4 Å². The molecule has 0 aromatic rings. The molecule has 2 aliphatic carbocycles. The van der Waals surface area contributed by atoms with Gasteiger partial charge in [0.2, 0.25) is 5.91 Å². The van der Waals surface area contributed by atoms with Crippen LogP contribution in [-0.2, 0) is 9.53 Å². The summed E-state index contributed by atoms with van der Waals surface area (Å²) in [6.07, 6.45) is 10.8. The zero-order valence-corrected chi connectivity index (χ0v) is 18.4. The molecular formula is C25H37NO4. The Bertz CT molecular complexity index is 698. The van der Waals surface area contributed by atoms with Gasteiger partial charge in [-0.05, 0) is 56.8 Å². The summed E-state index contributed by atoms with van der Waals surface area (Å²) in [7, 11) is 0. The molecule has 0 radical (unpaired) electrons. The van der Waals surface area contributed by atoms with Gasteiger partial charge in [-0.15, -0.1) is 11.8 Å². The second-order valence-corrected chi connectivity index (χ2v) is 9.16. The molecule has 6 atom stereocenters. The number of nitrogens with zero attached hydrogens (tertiary/aromatic N) is 1. The van der Waals surface area contributed by atoms with Crippen LogP contribution in [0, 0.1) is 35.5 Å². The average Bonchev–Trinajstić information content (AvgIpc) is 3.44. The number of carbonyl (C=O) groups is 1. The molecule has 1 saturated heterocycles. The Morgan fingerprint density at radius 2 is 2.10 bits per heavy atom. The third-order valence-electron chi connectivity index (χ3n) is 7.00. The summed E-state index contributed by atoms with van der Waals surface area (Å²) in [5.41, 5.74) is 1.37. The number of rotatable bonds is 8. The van der Waals surface area contributed by atoms with E-state index in [2.05, 4.69) is 17.9 Å². The predicted octanol–water partition coefficient (Wildman–Crippen LogP) is 2.93. The maximum Gasteiger partial charge on any atom is 0.248 e. The third kappa shape index (κ3) is 5.97. The molecule has 5 nitrogen and oxygen atoms in total. The molecule has 0 unspecified atom stereocenters. The first-order chi connectivity index (χ1) is 14.5. The molecule has 3 fully saturated rings. The number of fused-ring (bicyclic) bond motifs is 1. The molecule has 0 aromatic carbocycles. The summed E-state index contributed by atoms with van der Waals surface area (Å²) in [6.45, 7) is 6.18. The number of aliphatic hydroxyl groups excluding tert-OH is 2. The average molecular weight is 416 g/mol. The number of hydrogen-bond acceptors (Lipinski definition) is 4. The van der Waals surface area contributed by atoms with Gasteiger partial charge >= 0.3 is 0 Å². The zero-order valence-electron chi connectivity index (χ0n) is 18.4. The largest absolute Gasteiger partial charge is 0.392 e. The van der Waals surface area contributed by atoms with Crippen molar-refractivity contribution in [2.45, 2.75) is 64.6 Å². The minimum absolute atomic E-state index is 0.0856. The Labute approximate surface area is 181 Å². The van der Waals surface area contributed by atoms with Crippen LogP contribution in [0.5, 0.6) is 0 Å². The van der Waals surface area contributed by atoms with Crippen LogP contribution in [-0.4, -0.2) is 59.5 Å². The van der Waals surface area contributed by atoms with Crippen LogP contribution in [0.4, 0.5) is 0 Å². The highest BCUT2D eigenvalue weighted by Crippen LogP contribution is 2.50. The SMILES string of the molecule is CC#CC[C@@H](C)[C@@H](O)/C=C/[C@@H]1[C@H]2CC(=CCOCC(=O)N3CCCC3)C[C@H]2C[C@H]1O. The van der Waals surface area contributed by atoms with Crippen LogP contribution in [0.3, 0.4) is 0 Å². The van der Waals surface area contributed by atoms with E-state index in [1.54, 1.807) is 0 Å². The maximum absolute atomic E-state index is 12.0. The van der Waals surface area contributed by atoms with Gasteiger partial charge in [-0.1, -0.05) is 30.7 Å². The number of likely N-dealkylation sites (tertiary alicyclic amines) is 1. The normalized spacial score (nSPS) is 31.7. The molecule has 166 valence electrons. The van der Waals surface area contributed by atoms with E-state index in [0.717, 1.165) is 45.2 Å². The van der Waals surface area contributed by atoms with E-state index >= 15 is 0 Å². The number of amides is 1. The molecule has 2 N–H and O–H groups in total. The highest BCUT2D eigenvalue weighted by Gasteiger charge is 2.45. The third-order valence-corrected chi connectivity index (χ3v) is 7.00. The van der Waals surface area contributed by atoms with Gasteiger partial charge in [-0.3, -0.25) is 4.79 Å². The maximum atomic E-state index is 12.0. The molecule has 0 bridgehead atoms. The van der Waals surface area contributed by atoms with Crippen molar-refractivity contribution in [3.8, 4) is 11.8 Å². The highest BCUT2D eigenvalue weighted by atomic mass is 16.5. The summed E-state index contributed by atoms with van der Waals surface area (Å²) in [4.78, 5) is 13.9. The Morgan fingerprint density at radius 1 is 1.33 bits per heavy atom. The first kappa shape index (κ1) is 23.1. The lowest BCUT2D eigenvalue weighted by Crippen LogP contribution is -2.31. The van der Waals surface area contributed by atoms with Crippen molar-refractivity contribution in [2.75, 3.05) is 26.3 Å². The van der Waals surface area contributed by atoms with Crippen LogP contribution < -0.4 is 0 Å². The fourth-order valence-corrected chi connectivity index (χ4v) is 5.14. The van der Waals surface area contributed by atoms with Gasteiger partial charge in [0.15, 0.2) is 0 Å². The van der Waals surface area contributed by atoms with Gasteiger partial charge in [-0.2, -0.15) is 0 Å². The van der Waals surface area contributed by atoms with Crippen LogP contribution in [0.25, 0.3) is 0 Å².